The molecule has 0 heterocycles. The summed E-state index contributed by atoms with van der Waals surface area (Å²) >= 11 is 0. The molecule has 0 radical (unpaired) electrons. The van der Waals surface area contributed by atoms with E-state index >= 15 is 0 Å². The molecule has 3 atom stereocenters. The summed E-state index contributed by atoms with van der Waals surface area (Å²) in [6.07, 6.45) is 0.0277. The molecule has 176 valence electrons. The van der Waals surface area contributed by atoms with Gasteiger partial charge in [-0.3, -0.25) is 10.1 Å². The molecule has 0 aromatic carbocycles. The maximum absolute atomic E-state index is 12.3. The maximum atomic E-state index is 12.3. The SMILES string of the molecule is C=CCOC(=O)C(CC(C)C)OC(=O)C(NC(C)O)C(C)C.CC.CC(C)(C)C.[HH]. The third-order valence-corrected chi connectivity index (χ3v) is 2.89. The molecular weight excluding hydrogens is 370 g/mol. The molecule has 29 heavy (non-hydrogen) atoms. The topological polar surface area (TPSA) is 84.9 Å². The Morgan fingerprint density at radius 2 is 1.52 bits per heavy atom. The molecule has 0 spiro atoms. The first kappa shape index (κ1) is 32.3. The quantitative estimate of drug-likeness (QED) is 0.296. The van der Waals surface area contributed by atoms with Crippen LogP contribution in [0.15, 0.2) is 12.7 Å². The van der Waals surface area contributed by atoms with Crippen LogP contribution in [0.3, 0.4) is 0 Å². The Bertz CT molecular complexity index is 439. The Balaban J connectivity index is -0.000000367. The molecule has 0 fully saturated rings. The van der Waals surface area contributed by atoms with Crippen LogP contribution in [-0.4, -0.2) is 42.0 Å². The number of hydrogen-bond donors (Lipinski definition) is 2. The second-order valence-corrected chi connectivity index (χ2v) is 9.04. The van der Waals surface area contributed by atoms with Crippen LogP contribution in [0.5, 0.6) is 0 Å². The van der Waals surface area contributed by atoms with E-state index in [1.807, 2.05) is 41.5 Å². The van der Waals surface area contributed by atoms with Gasteiger partial charge in [-0.15, -0.1) is 0 Å². The fourth-order valence-corrected chi connectivity index (χ4v) is 1.86. The van der Waals surface area contributed by atoms with Crippen molar-refractivity contribution in [2.24, 2.45) is 17.3 Å². The predicted octanol–water partition coefficient (Wildman–Crippen LogP) is 4.95. The Morgan fingerprint density at radius 3 is 1.83 bits per heavy atom. The molecule has 0 aliphatic rings. The summed E-state index contributed by atoms with van der Waals surface area (Å²) in [5.41, 5.74) is 0.500. The summed E-state index contributed by atoms with van der Waals surface area (Å²) in [6, 6.07) is -0.693. The van der Waals surface area contributed by atoms with Gasteiger partial charge in [0, 0.05) is 1.43 Å². The minimum absolute atomic E-state index is 0. The lowest BCUT2D eigenvalue weighted by atomic mass is 10.0. The molecule has 0 aliphatic heterocycles. The number of ether oxygens (including phenoxy) is 2. The monoisotopic (exact) mass is 419 g/mol. The van der Waals surface area contributed by atoms with E-state index in [0.29, 0.717) is 11.8 Å². The van der Waals surface area contributed by atoms with Crippen LogP contribution in [0.4, 0.5) is 0 Å². The second-order valence-electron chi connectivity index (χ2n) is 9.04. The molecule has 2 N–H and O–H groups in total. The molecule has 0 rings (SSSR count). The molecule has 0 aromatic rings. The van der Waals surface area contributed by atoms with Crippen molar-refractivity contribution in [1.82, 2.24) is 5.32 Å². The molecule has 6 heteroatoms. The van der Waals surface area contributed by atoms with Gasteiger partial charge in [-0.25, -0.2) is 4.79 Å². The molecule has 0 amide bonds. The number of carbonyl (C=O) groups is 2. The van der Waals surface area contributed by atoms with Crippen molar-refractivity contribution in [3.63, 3.8) is 0 Å². The highest BCUT2D eigenvalue weighted by molar-refractivity contribution is 5.82. The van der Waals surface area contributed by atoms with Crippen LogP contribution in [0.2, 0.25) is 0 Å². The lowest BCUT2D eigenvalue weighted by Crippen LogP contribution is -2.48. The van der Waals surface area contributed by atoms with Crippen molar-refractivity contribution >= 4 is 11.9 Å². The third-order valence-electron chi connectivity index (χ3n) is 2.89. The molecule has 6 nitrogen and oxygen atoms in total. The van der Waals surface area contributed by atoms with Crippen molar-refractivity contribution in [1.29, 1.82) is 0 Å². The molecule has 0 bridgehead atoms. The smallest absolute Gasteiger partial charge is 0.347 e. The van der Waals surface area contributed by atoms with Crippen molar-refractivity contribution < 1.29 is 25.6 Å². The first-order valence-corrected chi connectivity index (χ1v) is 10.6. The first-order chi connectivity index (χ1) is 13.2. The highest BCUT2D eigenvalue weighted by Crippen LogP contribution is 2.14. The zero-order valence-electron chi connectivity index (χ0n) is 20.7. The van der Waals surface area contributed by atoms with E-state index in [1.54, 1.807) is 0 Å². The lowest BCUT2D eigenvalue weighted by molar-refractivity contribution is -0.170. The third kappa shape index (κ3) is 22.8. The predicted molar refractivity (Wildman–Crippen MR) is 123 cm³/mol. The van der Waals surface area contributed by atoms with Crippen molar-refractivity contribution in [3.05, 3.63) is 12.7 Å². The van der Waals surface area contributed by atoms with Gasteiger partial charge in [0.25, 0.3) is 0 Å². The average Bonchev–Trinajstić information content (AvgIpc) is 2.56. The largest absolute Gasteiger partial charge is 0.459 e. The molecule has 3 unspecified atom stereocenters. The Morgan fingerprint density at radius 1 is 1.07 bits per heavy atom. The molecule has 0 saturated heterocycles. The van der Waals surface area contributed by atoms with Gasteiger partial charge in [-0.2, -0.15) is 0 Å². The minimum Gasteiger partial charge on any atom is -0.459 e. The standard InChI is InChI=1S/C16H29NO5.C5H12.C2H6.H2/c1-7-8-21-15(19)13(9-10(2)3)22-16(20)14(11(4)5)17-12(6)18;1-5(2,3)4;1-2;/h7,10-14,17-18H,1,8-9H2,2-6H3;1-4H3;1-2H3;1H. The number of esters is 2. The summed E-state index contributed by atoms with van der Waals surface area (Å²) in [7, 11) is 0. The fraction of sp³-hybridized carbons (Fsp3) is 0.826. The van der Waals surface area contributed by atoms with Gasteiger partial charge in [0.2, 0.25) is 0 Å². The zero-order valence-corrected chi connectivity index (χ0v) is 20.7. The fourth-order valence-electron chi connectivity index (χ4n) is 1.86. The highest BCUT2D eigenvalue weighted by atomic mass is 16.6. The summed E-state index contributed by atoms with van der Waals surface area (Å²) in [6.45, 7) is 25.3. The van der Waals surface area contributed by atoms with E-state index in [4.69, 9.17) is 9.47 Å². The van der Waals surface area contributed by atoms with Crippen molar-refractivity contribution in [2.45, 2.75) is 101 Å². The molecule has 0 aliphatic carbocycles. The molecule has 0 aromatic heterocycles. The van der Waals surface area contributed by atoms with Crippen LogP contribution < -0.4 is 5.32 Å². The number of aliphatic hydroxyl groups excluding tert-OH is 1. The van der Waals surface area contributed by atoms with Crippen LogP contribution in [-0.2, 0) is 19.1 Å². The van der Waals surface area contributed by atoms with Crippen LogP contribution in [0, 0.1) is 17.3 Å². The average molecular weight is 420 g/mol. The minimum atomic E-state index is -0.954. The van der Waals surface area contributed by atoms with E-state index in [1.165, 1.54) is 13.0 Å². The molecular formula is C23H49NO5. The number of carbonyl (C=O) groups excluding carboxylic acids is 2. The van der Waals surface area contributed by atoms with Crippen LogP contribution in [0.25, 0.3) is 0 Å². The van der Waals surface area contributed by atoms with Gasteiger partial charge in [0.05, 0.1) is 0 Å². The second kappa shape index (κ2) is 17.5. The number of rotatable bonds is 10. The first-order valence-electron chi connectivity index (χ1n) is 10.6. The number of nitrogens with one attached hydrogen (secondary N) is 1. The van der Waals surface area contributed by atoms with Crippen molar-refractivity contribution in [2.75, 3.05) is 6.61 Å². The van der Waals surface area contributed by atoms with Gasteiger partial charge in [-0.1, -0.05) is 81.9 Å². The van der Waals surface area contributed by atoms with Gasteiger partial charge >= 0.3 is 11.9 Å². The normalized spacial score (nSPS) is 13.9. The Kier molecular flexibility index (Phi) is 19.4. The van der Waals surface area contributed by atoms with E-state index < -0.39 is 30.3 Å². The van der Waals surface area contributed by atoms with Gasteiger partial charge in [-0.05, 0) is 30.6 Å². The van der Waals surface area contributed by atoms with Gasteiger partial charge in [0.15, 0.2) is 6.10 Å². The zero-order chi connectivity index (χ0) is 23.8. The Hall–Kier alpha value is -1.40. The van der Waals surface area contributed by atoms with E-state index in [0.717, 1.165) is 0 Å². The lowest BCUT2D eigenvalue weighted by Gasteiger charge is -2.25. The highest BCUT2D eigenvalue weighted by Gasteiger charge is 2.31. The summed E-state index contributed by atoms with van der Waals surface area (Å²) in [4.78, 5) is 24.2. The Labute approximate surface area is 180 Å². The maximum Gasteiger partial charge on any atom is 0.347 e. The molecule has 0 saturated carbocycles. The van der Waals surface area contributed by atoms with E-state index in [-0.39, 0.29) is 19.9 Å². The number of hydrogen-bond acceptors (Lipinski definition) is 6. The van der Waals surface area contributed by atoms with Crippen LogP contribution in [0.1, 0.15) is 84.0 Å². The van der Waals surface area contributed by atoms with Crippen LogP contribution >= 0.6 is 0 Å². The summed E-state index contributed by atoms with van der Waals surface area (Å²) < 4.78 is 10.3. The number of aliphatic hydroxyl groups is 1. The van der Waals surface area contributed by atoms with E-state index in [2.05, 4.69) is 39.6 Å². The summed E-state index contributed by atoms with van der Waals surface area (Å²) in [5.74, 6) is -1.08. The van der Waals surface area contributed by atoms with Gasteiger partial charge < -0.3 is 14.6 Å². The summed E-state index contributed by atoms with van der Waals surface area (Å²) in [5, 5.41) is 12.1. The van der Waals surface area contributed by atoms with E-state index in [9.17, 15) is 14.7 Å². The van der Waals surface area contributed by atoms with Gasteiger partial charge in [0.1, 0.15) is 18.9 Å². The van der Waals surface area contributed by atoms with Crippen molar-refractivity contribution in [3.8, 4) is 0 Å².